The molecule has 2 heterocycles. The molecule has 2 aliphatic rings. The summed E-state index contributed by atoms with van der Waals surface area (Å²) in [5.74, 6) is 1.61. The van der Waals surface area contributed by atoms with Crippen LogP contribution in [0.2, 0.25) is 0 Å². The van der Waals surface area contributed by atoms with E-state index in [-0.39, 0.29) is 0 Å². The van der Waals surface area contributed by atoms with E-state index in [2.05, 4.69) is 61.5 Å². The molecule has 1 fully saturated rings. The molecule has 0 unspecified atom stereocenters. The van der Waals surface area contributed by atoms with Crippen LogP contribution in [0.1, 0.15) is 32.1 Å². The van der Waals surface area contributed by atoms with Crippen LogP contribution >= 0.6 is 0 Å². The summed E-state index contributed by atoms with van der Waals surface area (Å²) in [5, 5.41) is 3.42. The number of hydrogen-bond donors (Lipinski definition) is 2. The molecule has 28 heavy (non-hydrogen) atoms. The molecule has 4 rings (SSSR count). The van der Waals surface area contributed by atoms with Gasteiger partial charge in [-0.25, -0.2) is 9.97 Å². The highest BCUT2D eigenvalue weighted by atomic mass is 15.3. The number of anilines is 4. The Hall–Kier alpha value is -2.76. The van der Waals surface area contributed by atoms with Crippen LogP contribution in [0.3, 0.4) is 0 Å². The number of nitrogen functional groups attached to an aromatic ring is 1. The highest BCUT2D eigenvalue weighted by Crippen LogP contribution is 2.28. The molecule has 1 aliphatic heterocycles. The van der Waals surface area contributed by atoms with E-state index in [1.54, 1.807) is 11.9 Å². The lowest BCUT2D eigenvalue weighted by atomic mass is 9.97. The zero-order chi connectivity index (χ0) is 19.2. The van der Waals surface area contributed by atoms with Crippen LogP contribution < -0.4 is 20.9 Å². The predicted octanol–water partition coefficient (Wildman–Crippen LogP) is 3.69. The number of piperazine rings is 1. The van der Waals surface area contributed by atoms with Crippen LogP contribution in [0.25, 0.3) is 0 Å². The lowest BCUT2D eigenvalue weighted by Crippen LogP contribution is -2.47. The zero-order valence-electron chi connectivity index (χ0n) is 16.5. The van der Waals surface area contributed by atoms with Crippen molar-refractivity contribution in [3.05, 3.63) is 48.3 Å². The second-order valence-electron chi connectivity index (χ2n) is 7.55. The third-order valence-electron chi connectivity index (χ3n) is 5.69. The smallest absolute Gasteiger partial charge is 0.157 e. The first-order valence-electron chi connectivity index (χ1n) is 10.4. The van der Waals surface area contributed by atoms with Gasteiger partial charge in [0.25, 0.3) is 0 Å². The molecule has 0 amide bonds. The van der Waals surface area contributed by atoms with Gasteiger partial charge in [0.1, 0.15) is 12.0 Å². The first-order chi connectivity index (χ1) is 13.8. The first kappa shape index (κ1) is 18.6. The van der Waals surface area contributed by atoms with E-state index in [1.807, 2.05) is 0 Å². The van der Waals surface area contributed by atoms with Gasteiger partial charge in [-0.1, -0.05) is 29.8 Å². The van der Waals surface area contributed by atoms with Gasteiger partial charge in [0.15, 0.2) is 11.6 Å². The molecule has 6 heteroatoms. The largest absolute Gasteiger partial charge is 0.393 e. The van der Waals surface area contributed by atoms with Crippen molar-refractivity contribution in [3.63, 3.8) is 0 Å². The van der Waals surface area contributed by atoms with E-state index in [0.717, 1.165) is 50.8 Å². The molecule has 2 aromatic rings. The summed E-state index contributed by atoms with van der Waals surface area (Å²) in [6.07, 6.45) is 10.2. The molecular formula is C22H30N6. The number of hydrogen-bond acceptors (Lipinski definition) is 6. The average Bonchev–Trinajstić information content (AvgIpc) is 2.76. The van der Waals surface area contributed by atoms with Crippen molar-refractivity contribution in [3.8, 4) is 0 Å². The van der Waals surface area contributed by atoms with Gasteiger partial charge < -0.3 is 20.9 Å². The minimum atomic E-state index is 0.660. The predicted molar refractivity (Wildman–Crippen MR) is 117 cm³/mol. The Kier molecular flexibility index (Phi) is 5.95. The van der Waals surface area contributed by atoms with Crippen molar-refractivity contribution >= 4 is 23.0 Å². The molecule has 0 spiro atoms. The van der Waals surface area contributed by atoms with Gasteiger partial charge in [-0.15, -0.1) is 0 Å². The lowest BCUT2D eigenvalue weighted by Gasteiger charge is -2.37. The number of nitrogens with zero attached hydrogens (tertiary/aromatic N) is 4. The highest BCUT2D eigenvalue weighted by molar-refractivity contribution is 5.75. The molecule has 148 valence electrons. The standard InChI is InChI=1S/C22H30N6/c23-20-21(24-12-11-18-7-3-1-4-8-18)25-17-26-22(20)28-15-13-27(14-16-28)19-9-5-2-6-10-19/h2,5-7,9-10,17H,1,3-4,8,11-16,23H2,(H,24,25,26). The van der Waals surface area contributed by atoms with Gasteiger partial charge in [0.05, 0.1) is 0 Å². The fourth-order valence-corrected chi connectivity index (χ4v) is 4.07. The third kappa shape index (κ3) is 4.38. The minimum absolute atomic E-state index is 0.660. The first-order valence-corrected chi connectivity index (χ1v) is 10.4. The van der Waals surface area contributed by atoms with Gasteiger partial charge in [-0.2, -0.15) is 0 Å². The number of nitrogens with two attached hydrogens (primary N) is 1. The number of allylic oxidation sites excluding steroid dienone is 1. The molecule has 3 N–H and O–H groups in total. The Morgan fingerprint density at radius 2 is 1.75 bits per heavy atom. The van der Waals surface area contributed by atoms with E-state index in [9.17, 15) is 0 Å². The van der Waals surface area contributed by atoms with E-state index in [1.165, 1.54) is 31.4 Å². The maximum Gasteiger partial charge on any atom is 0.157 e. The quantitative estimate of drug-likeness (QED) is 0.747. The fourth-order valence-electron chi connectivity index (χ4n) is 4.07. The number of aromatic nitrogens is 2. The number of benzene rings is 1. The zero-order valence-corrected chi connectivity index (χ0v) is 16.5. The number of rotatable bonds is 6. The number of nitrogens with one attached hydrogen (secondary N) is 1. The molecule has 0 radical (unpaired) electrons. The summed E-state index contributed by atoms with van der Waals surface area (Å²) in [6.45, 7) is 4.61. The summed E-state index contributed by atoms with van der Waals surface area (Å²) in [5.41, 5.74) is 9.92. The summed E-state index contributed by atoms with van der Waals surface area (Å²) >= 11 is 0. The summed E-state index contributed by atoms with van der Waals surface area (Å²) < 4.78 is 0. The van der Waals surface area contributed by atoms with Crippen molar-refractivity contribution in [2.45, 2.75) is 32.1 Å². The van der Waals surface area contributed by atoms with Crippen molar-refractivity contribution in [2.75, 3.05) is 53.6 Å². The fraction of sp³-hybridized carbons (Fsp3) is 0.455. The molecule has 0 bridgehead atoms. The molecule has 1 aliphatic carbocycles. The second kappa shape index (κ2) is 8.95. The molecule has 1 saturated heterocycles. The van der Waals surface area contributed by atoms with Crippen LogP contribution in [0.15, 0.2) is 48.3 Å². The van der Waals surface area contributed by atoms with E-state index in [0.29, 0.717) is 5.69 Å². The van der Waals surface area contributed by atoms with Crippen molar-refractivity contribution in [2.24, 2.45) is 0 Å². The Morgan fingerprint density at radius 3 is 2.50 bits per heavy atom. The second-order valence-corrected chi connectivity index (χ2v) is 7.55. The molecule has 1 aromatic heterocycles. The van der Waals surface area contributed by atoms with Gasteiger partial charge in [-0.3, -0.25) is 0 Å². The van der Waals surface area contributed by atoms with Crippen molar-refractivity contribution in [1.82, 2.24) is 9.97 Å². The average molecular weight is 379 g/mol. The molecule has 1 aromatic carbocycles. The SMILES string of the molecule is Nc1c(NCCC2=CCCCC2)ncnc1N1CCN(c2ccccc2)CC1. The Labute approximate surface area is 167 Å². The molecule has 0 atom stereocenters. The van der Waals surface area contributed by atoms with Gasteiger partial charge in [0.2, 0.25) is 0 Å². The molecule has 0 saturated carbocycles. The van der Waals surface area contributed by atoms with Crippen LogP contribution in [0, 0.1) is 0 Å². The maximum absolute atomic E-state index is 6.42. The Balaban J connectivity index is 1.35. The highest BCUT2D eigenvalue weighted by Gasteiger charge is 2.21. The van der Waals surface area contributed by atoms with Crippen LogP contribution in [-0.2, 0) is 0 Å². The van der Waals surface area contributed by atoms with Crippen LogP contribution in [0.4, 0.5) is 23.0 Å². The van der Waals surface area contributed by atoms with Gasteiger partial charge in [-0.05, 0) is 44.2 Å². The van der Waals surface area contributed by atoms with E-state index >= 15 is 0 Å². The number of para-hydroxylation sites is 1. The summed E-state index contributed by atoms with van der Waals surface area (Å²) in [4.78, 5) is 13.5. The topological polar surface area (TPSA) is 70.3 Å². The Bertz CT molecular complexity index is 796. The lowest BCUT2D eigenvalue weighted by molar-refractivity contribution is 0.647. The maximum atomic E-state index is 6.42. The van der Waals surface area contributed by atoms with Gasteiger partial charge >= 0.3 is 0 Å². The van der Waals surface area contributed by atoms with Crippen molar-refractivity contribution < 1.29 is 0 Å². The molecular weight excluding hydrogens is 348 g/mol. The van der Waals surface area contributed by atoms with E-state index < -0.39 is 0 Å². The normalized spacial score (nSPS) is 17.4. The monoisotopic (exact) mass is 378 g/mol. The van der Waals surface area contributed by atoms with Gasteiger partial charge in [0, 0.05) is 38.4 Å². The third-order valence-corrected chi connectivity index (χ3v) is 5.69. The minimum Gasteiger partial charge on any atom is -0.393 e. The van der Waals surface area contributed by atoms with Crippen molar-refractivity contribution in [1.29, 1.82) is 0 Å². The summed E-state index contributed by atoms with van der Waals surface area (Å²) in [6, 6.07) is 10.6. The summed E-state index contributed by atoms with van der Waals surface area (Å²) in [7, 11) is 0. The van der Waals surface area contributed by atoms with Crippen LogP contribution in [0.5, 0.6) is 0 Å². The van der Waals surface area contributed by atoms with E-state index in [4.69, 9.17) is 5.73 Å². The Morgan fingerprint density at radius 1 is 0.964 bits per heavy atom. The molecule has 6 nitrogen and oxygen atoms in total. The van der Waals surface area contributed by atoms with Crippen LogP contribution in [-0.4, -0.2) is 42.7 Å².